The van der Waals surface area contributed by atoms with Crippen LogP contribution in [0.15, 0.2) is 6.20 Å². The first kappa shape index (κ1) is 10.7. The highest BCUT2D eigenvalue weighted by Crippen LogP contribution is 2.41. The fourth-order valence-electron chi connectivity index (χ4n) is 2.31. The second-order valence-corrected chi connectivity index (χ2v) is 5.19. The zero-order valence-electron chi connectivity index (χ0n) is 9.71. The van der Waals surface area contributed by atoms with E-state index in [2.05, 4.69) is 23.8 Å². The van der Waals surface area contributed by atoms with Gasteiger partial charge < -0.3 is 10.7 Å². The van der Waals surface area contributed by atoms with E-state index in [0.717, 1.165) is 18.8 Å². The lowest BCUT2D eigenvalue weighted by Gasteiger charge is -2.39. The molecule has 0 atom stereocenters. The maximum Gasteiger partial charge on any atom is 0.113 e. The number of nitrogens with two attached hydrogens (primary N) is 1. The Bertz CT molecular complexity index is 318. The summed E-state index contributed by atoms with van der Waals surface area (Å²) in [6.07, 6.45) is 6.73. The second-order valence-electron chi connectivity index (χ2n) is 5.19. The SMILES string of the molecule is CC(C)Cc1cnc(C2(CN)CCC2)[nH]1. The Morgan fingerprint density at radius 2 is 2.27 bits per heavy atom. The van der Waals surface area contributed by atoms with Gasteiger partial charge in [0.05, 0.1) is 0 Å². The van der Waals surface area contributed by atoms with Crippen LogP contribution in [0.2, 0.25) is 0 Å². The largest absolute Gasteiger partial charge is 0.345 e. The van der Waals surface area contributed by atoms with Crippen molar-refractivity contribution in [3.63, 3.8) is 0 Å². The quantitative estimate of drug-likeness (QED) is 0.793. The van der Waals surface area contributed by atoms with Crippen molar-refractivity contribution in [2.75, 3.05) is 6.54 Å². The van der Waals surface area contributed by atoms with Crippen molar-refractivity contribution in [3.8, 4) is 0 Å². The maximum atomic E-state index is 5.85. The number of aromatic amines is 1. The highest BCUT2D eigenvalue weighted by molar-refractivity contribution is 5.17. The van der Waals surface area contributed by atoms with Crippen LogP contribution in [0.4, 0.5) is 0 Å². The standard InChI is InChI=1S/C12H21N3/c1-9(2)6-10-7-14-11(15-10)12(8-13)4-3-5-12/h7,9H,3-6,8,13H2,1-2H3,(H,14,15). The molecule has 2 rings (SSSR count). The van der Waals surface area contributed by atoms with Crippen molar-refractivity contribution in [1.29, 1.82) is 0 Å². The highest BCUT2D eigenvalue weighted by atomic mass is 15.0. The van der Waals surface area contributed by atoms with E-state index < -0.39 is 0 Å². The van der Waals surface area contributed by atoms with Gasteiger partial charge in [-0.3, -0.25) is 0 Å². The molecule has 1 aromatic heterocycles. The van der Waals surface area contributed by atoms with E-state index in [9.17, 15) is 0 Å². The predicted molar refractivity (Wildman–Crippen MR) is 61.7 cm³/mol. The van der Waals surface area contributed by atoms with E-state index in [1.165, 1.54) is 25.0 Å². The van der Waals surface area contributed by atoms with Gasteiger partial charge in [-0.05, 0) is 25.2 Å². The van der Waals surface area contributed by atoms with E-state index in [4.69, 9.17) is 5.73 Å². The Labute approximate surface area is 91.5 Å². The predicted octanol–water partition coefficient (Wildman–Crippen LogP) is 1.99. The molecule has 0 radical (unpaired) electrons. The average Bonchev–Trinajstić information content (AvgIpc) is 2.51. The van der Waals surface area contributed by atoms with Crippen LogP contribution in [0.1, 0.15) is 44.6 Å². The molecule has 0 aromatic carbocycles. The minimum atomic E-state index is 0.176. The van der Waals surface area contributed by atoms with Crippen LogP contribution >= 0.6 is 0 Å². The minimum absolute atomic E-state index is 0.176. The summed E-state index contributed by atoms with van der Waals surface area (Å²) in [6, 6.07) is 0. The van der Waals surface area contributed by atoms with Crippen molar-refractivity contribution in [1.82, 2.24) is 9.97 Å². The van der Waals surface area contributed by atoms with Crippen LogP contribution < -0.4 is 5.73 Å². The molecule has 3 heteroatoms. The van der Waals surface area contributed by atoms with Gasteiger partial charge in [0.2, 0.25) is 0 Å². The molecular formula is C12H21N3. The number of imidazole rings is 1. The minimum Gasteiger partial charge on any atom is -0.345 e. The molecule has 84 valence electrons. The highest BCUT2D eigenvalue weighted by Gasteiger charge is 2.39. The van der Waals surface area contributed by atoms with Gasteiger partial charge in [0.25, 0.3) is 0 Å². The van der Waals surface area contributed by atoms with Crippen LogP contribution in [0, 0.1) is 5.92 Å². The fraction of sp³-hybridized carbons (Fsp3) is 0.750. The summed E-state index contributed by atoms with van der Waals surface area (Å²) in [5.41, 5.74) is 7.28. The number of hydrogen-bond acceptors (Lipinski definition) is 2. The summed E-state index contributed by atoms with van der Waals surface area (Å²) in [7, 11) is 0. The van der Waals surface area contributed by atoms with Gasteiger partial charge >= 0.3 is 0 Å². The van der Waals surface area contributed by atoms with Crippen LogP contribution in [0.25, 0.3) is 0 Å². The summed E-state index contributed by atoms with van der Waals surface area (Å²) in [6.45, 7) is 5.17. The summed E-state index contributed by atoms with van der Waals surface area (Å²) < 4.78 is 0. The van der Waals surface area contributed by atoms with Gasteiger partial charge in [-0.1, -0.05) is 20.3 Å². The maximum absolute atomic E-state index is 5.85. The van der Waals surface area contributed by atoms with Crippen LogP contribution in [-0.2, 0) is 11.8 Å². The van der Waals surface area contributed by atoms with Gasteiger partial charge in [0, 0.05) is 23.9 Å². The normalized spacial score (nSPS) is 19.2. The Morgan fingerprint density at radius 1 is 1.53 bits per heavy atom. The number of H-pyrrole nitrogens is 1. The number of rotatable bonds is 4. The molecule has 0 aliphatic heterocycles. The van der Waals surface area contributed by atoms with Crippen molar-refractivity contribution in [2.24, 2.45) is 11.7 Å². The van der Waals surface area contributed by atoms with E-state index >= 15 is 0 Å². The summed E-state index contributed by atoms with van der Waals surface area (Å²) in [5.74, 6) is 1.79. The molecule has 3 nitrogen and oxygen atoms in total. The molecule has 0 unspecified atom stereocenters. The molecule has 1 aromatic rings. The zero-order valence-corrected chi connectivity index (χ0v) is 9.71. The monoisotopic (exact) mass is 207 g/mol. The lowest BCUT2D eigenvalue weighted by atomic mass is 9.68. The molecule has 1 heterocycles. The molecular weight excluding hydrogens is 186 g/mol. The van der Waals surface area contributed by atoms with E-state index in [-0.39, 0.29) is 5.41 Å². The van der Waals surface area contributed by atoms with E-state index in [1.54, 1.807) is 0 Å². The molecule has 0 spiro atoms. The van der Waals surface area contributed by atoms with Gasteiger partial charge in [0.1, 0.15) is 5.82 Å². The third kappa shape index (κ3) is 1.93. The average molecular weight is 207 g/mol. The first-order valence-corrected chi connectivity index (χ1v) is 5.91. The van der Waals surface area contributed by atoms with Crippen LogP contribution in [-0.4, -0.2) is 16.5 Å². The molecule has 1 aliphatic rings. The lowest BCUT2D eigenvalue weighted by Crippen LogP contribution is -2.42. The Balaban J connectivity index is 2.12. The Kier molecular flexibility index (Phi) is 2.83. The zero-order chi connectivity index (χ0) is 10.9. The van der Waals surface area contributed by atoms with Crippen molar-refractivity contribution in [3.05, 3.63) is 17.7 Å². The number of hydrogen-bond donors (Lipinski definition) is 2. The molecule has 15 heavy (non-hydrogen) atoms. The van der Waals surface area contributed by atoms with Crippen molar-refractivity contribution >= 4 is 0 Å². The molecule has 0 bridgehead atoms. The third-order valence-electron chi connectivity index (χ3n) is 3.46. The molecule has 0 saturated heterocycles. The summed E-state index contributed by atoms with van der Waals surface area (Å²) >= 11 is 0. The topological polar surface area (TPSA) is 54.7 Å². The van der Waals surface area contributed by atoms with Gasteiger partial charge in [0.15, 0.2) is 0 Å². The third-order valence-corrected chi connectivity index (χ3v) is 3.46. The first-order chi connectivity index (χ1) is 7.16. The Morgan fingerprint density at radius 3 is 2.73 bits per heavy atom. The number of nitrogens with zero attached hydrogens (tertiary/aromatic N) is 1. The molecule has 0 amide bonds. The van der Waals surface area contributed by atoms with E-state index in [0.29, 0.717) is 5.92 Å². The Hall–Kier alpha value is -0.830. The summed E-state index contributed by atoms with van der Waals surface area (Å²) in [5, 5.41) is 0. The van der Waals surface area contributed by atoms with Gasteiger partial charge in [-0.2, -0.15) is 0 Å². The van der Waals surface area contributed by atoms with Crippen molar-refractivity contribution in [2.45, 2.75) is 44.9 Å². The molecule has 1 fully saturated rings. The lowest BCUT2D eigenvalue weighted by molar-refractivity contribution is 0.239. The van der Waals surface area contributed by atoms with Crippen LogP contribution in [0.3, 0.4) is 0 Å². The number of nitrogens with one attached hydrogen (secondary N) is 1. The fourth-order valence-corrected chi connectivity index (χ4v) is 2.31. The van der Waals surface area contributed by atoms with Crippen LogP contribution in [0.5, 0.6) is 0 Å². The van der Waals surface area contributed by atoms with Crippen molar-refractivity contribution < 1.29 is 0 Å². The second kappa shape index (κ2) is 3.97. The first-order valence-electron chi connectivity index (χ1n) is 5.91. The molecule has 1 aliphatic carbocycles. The smallest absolute Gasteiger partial charge is 0.113 e. The molecule has 3 N–H and O–H groups in total. The van der Waals surface area contributed by atoms with E-state index in [1.807, 2.05) is 6.20 Å². The number of aromatic nitrogens is 2. The molecule has 1 saturated carbocycles. The van der Waals surface area contributed by atoms with Gasteiger partial charge in [-0.25, -0.2) is 4.98 Å². The van der Waals surface area contributed by atoms with Gasteiger partial charge in [-0.15, -0.1) is 0 Å². The summed E-state index contributed by atoms with van der Waals surface area (Å²) in [4.78, 5) is 7.95.